The summed E-state index contributed by atoms with van der Waals surface area (Å²) in [6.07, 6.45) is 8.69. The summed E-state index contributed by atoms with van der Waals surface area (Å²) in [6, 6.07) is 5.02. The third-order valence-corrected chi connectivity index (χ3v) is 5.52. The predicted molar refractivity (Wildman–Crippen MR) is 103 cm³/mol. The van der Waals surface area contributed by atoms with E-state index in [0.717, 1.165) is 31.2 Å². The summed E-state index contributed by atoms with van der Waals surface area (Å²) in [5.41, 5.74) is 0.897. The van der Waals surface area contributed by atoms with Crippen molar-refractivity contribution in [3.05, 3.63) is 36.2 Å². The van der Waals surface area contributed by atoms with Crippen LogP contribution in [0.4, 0.5) is 5.82 Å². The minimum atomic E-state index is -0.499. The molecular formula is C20H25N5O3. The Bertz CT molecular complexity index is 832. The Morgan fingerprint density at radius 2 is 2.07 bits per heavy atom. The molecule has 2 fully saturated rings. The average molecular weight is 383 g/mol. The summed E-state index contributed by atoms with van der Waals surface area (Å²) in [5.74, 6) is 2.15. The fourth-order valence-electron chi connectivity index (χ4n) is 3.95. The third-order valence-electron chi connectivity index (χ3n) is 5.52. The van der Waals surface area contributed by atoms with Gasteiger partial charge in [0, 0.05) is 24.0 Å². The van der Waals surface area contributed by atoms with E-state index in [0.29, 0.717) is 36.5 Å². The van der Waals surface area contributed by atoms with Crippen LogP contribution in [0.25, 0.3) is 0 Å². The van der Waals surface area contributed by atoms with Gasteiger partial charge in [-0.25, -0.2) is 4.98 Å². The van der Waals surface area contributed by atoms with Crippen molar-refractivity contribution in [2.24, 2.45) is 17.8 Å². The normalized spacial score (nSPS) is 17.2. The van der Waals surface area contributed by atoms with Gasteiger partial charge >= 0.3 is 0 Å². The number of carbonyl (C=O) groups is 2. The highest BCUT2D eigenvalue weighted by Crippen LogP contribution is 2.50. The second kappa shape index (κ2) is 8.00. The molecule has 1 atom stereocenters. The molecule has 0 bridgehead atoms. The van der Waals surface area contributed by atoms with Gasteiger partial charge in [0.1, 0.15) is 6.04 Å². The number of amides is 2. The number of nitrogens with zero attached hydrogens (tertiary/aromatic N) is 3. The zero-order chi connectivity index (χ0) is 19.5. The van der Waals surface area contributed by atoms with Crippen LogP contribution in [0.3, 0.4) is 0 Å². The van der Waals surface area contributed by atoms with Crippen LogP contribution in [0.1, 0.15) is 31.2 Å². The summed E-state index contributed by atoms with van der Waals surface area (Å²) < 4.78 is 6.99. The molecule has 28 heavy (non-hydrogen) atoms. The molecule has 0 radical (unpaired) electrons. The number of ether oxygens (including phenoxy) is 1. The van der Waals surface area contributed by atoms with Crippen molar-refractivity contribution in [3.8, 4) is 5.88 Å². The number of carbonyl (C=O) groups excluding carboxylic acids is 2. The number of hydrogen-bond donors (Lipinski definition) is 2. The Balaban J connectivity index is 1.43. The molecule has 2 aliphatic carbocycles. The maximum Gasteiger partial charge on any atom is 0.248 e. The standard InChI is InChI=1S/C20H25N5O3/c1-28-20-15(3-2-9-21-20)11-25-10-8-16(24-25)23-19(27)18(22-12-26)17(13-4-5-13)14-6-7-14/h2-3,8-10,12-14,17-18H,4-7,11H2,1H3,(H,22,26)(H,23,24,27). The Morgan fingerprint density at radius 3 is 2.71 bits per heavy atom. The molecular weight excluding hydrogens is 358 g/mol. The van der Waals surface area contributed by atoms with E-state index in [1.54, 1.807) is 30.3 Å². The average Bonchev–Trinajstić information content (AvgIpc) is 3.63. The van der Waals surface area contributed by atoms with E-state index < -0.39 is 6.04 Å². The zero-order valence-electron chi connectivity index (χ0n) is 15.9. The van der Waals surface area contributed by atoms with E-state index in [1.807, 2.05) is 12.1 Å². The van der Waals surface area contributed by atoms with Crippen molar-refractivity contribution in [2.45, 2.75) is 38.3 Å². The van der Waals surface area contributed by atoms with Gasteiger partial charge in [0.15, 0.2) is 5.82 Å². The van der Waals surface area contributed by atoms with E-state index in [4.69, 9.17) is 4.74 Å². The first-order valence-electron chi connectivity index (χ1n) is 9.71. The summed E-state index contributed by atoms with van der Waals surface area (Å²) in [7, 11) is 1.58. The van der Waals surface area contributed by atoms with Crippen LogP contribution < -0.4 is 15.4 Å². The molecule has 0 aromatic carbocycles. The summed E-state index contributed by atoms with van der Waals surface area (Å²) >= 11 is 0. The van der Waals surface area contributed by atoms with E-state index in [9.17, 15) is 9.59 Å². The molecule has 2 N–H and O–H groups in total. The molecule has 2 aromatic rings. The lowest BCUT2D eigenvalue weighted by Crippen LogP contribution is -2.47. The van der Waals surface area contributed by atoms with Gasteiger partial charge in [0.2, 0.25) is 18.2 Å². The molecule has 0 saturated heterocycles. The minimum Gasteiger partial charge on any atom is -0.481 e. The number of aromatic nitrogens is 3. The molecule has 0 aliphatic heterocycles. The molecule has 148 valence electrons. The van der Waals surface area contributed by atoms with Crippen LogP contribution >= 0.6 is 0 Å². The second-order valence-electron chi connectivity index (χ2n) is 7.57. The van der Waals surface area contributed by atoms with Crippen LogP contribution in [0.2, 0.25) is 0 Å². The summed E-state index contributed by atoms with van der Waals surface area (Å²) in [4.78, 5) is 28.1. The summed E-state index contributed by atoms with van der Waals surface area (Å²) in [6.45, 7) is 0.482. The van der Waals surface area contributed by atoms with Crippen LogP contribution in [0, 0.1) is 17.8 Å². The fraction of sp³-hybridized carbons (Fsp3) is 0.500. The summed E-state index contributed by atoms with van der Waals surface area (Å²) in [5, 5.41) is 10.1. The lowest BCUT2D eigenvalue weighted by molar-refractivity contribution is -0.123. The first-order valence-corrected chi connectivity index (χ1v) is 9.71. The number of methoxy groups -OCH3 is 1. The van der Waals surface area contributed by atoms with Crippen molar-refractivity contribution < 1.29 is 14.3 Å². The lowest BCUT2D eigenvalue weighted by atomic mass is 9.89. The molecule has 4 rings (SSSR count). The molecule has 2 saturated carbocycles. The highest BCUT2D eigenvalue weighted by molar-refractivity contribution is 5.95. The van der Waals surface area contributed by atoms with E-state index in [2.05, 4.69) is 20.7 Å². The number of pyridine rings is 1. The maximum atomic E-state index is 12.9. The van der Waals surface area contributed by atoms with Gasteiger partial charge in [-0.3, -0.25) is 14.3 Å². The highest BCUT2D eigenvalue weighted by atomic mass is 16.5. The smallest absolute Gasteiger partial charge is 0.248 e. The zero-order valence-corrected chi connectivity index (χ0v) is 15.9. The minimum absolute atomic E-state index is 0.194. The van der Waals surface area contributed by atoms with Crippen LogP contribution in [0.5, 0.6) is 5.88 Å². The quantitative estimate of drug-likeness (QED) is 0.610. The topological polar surface area (TPSA) is 98.1 Å². The second-order valence-corrected chi connectivity index (χ2v) is 7.57. The number of hydrogen-bond acceptors (Lipinski definition) is 5. The van der Waals surface area contributed by atoms with Crippen molar-refractivity contribution in [3.63, 3.8) is 0 Å². The SMILES string of the molecule is COc1ncccc1Cn1ccc(NC(=O)C(NC=O)C(C2CC2)C2CC2)n1. The van der Waals surface area contributed by atoms with Gasteiger partial charge < -0.3 is 15.4 Å². The van der Waals surface area contributed by atoms with Crippen LogP contribution in [-0.2, 0) is 16.1 Å². The van der Waals surface area contributed by atoms with Crippen molar-refractivity contribution in [1.82, 2.24) is 20.1 Å². The fourth-order valence-corrected chi connectivity index (χ4v) is 3.95. The predicted octanol–water partition coefficient (Wildman–Crippen LogP) is 1.82. The molecule has 8 nitrogen and oxygen atoms in total. The highest BCUT2D eigenvalue weighted by Gasteiger charge is 2.47. The van der Waals surface area contributed by atoms with Gasteiger partial charge in [-0.2, -0.15) is 5.10 Å². The number of rotatable bonds is 10. The van der Waals surface area contributed by atoms with E-state index >= 15 is 0 Å². The largest absolute Gasteiger partial charge is 0.481 e. The Labute approximate surface area is 163 Å². The first-order chi connectivity index (χ1) is 13.7. The number of anilines is 1. The Morgan fingerprint density at radius 1 is 1.32 bits per heavy atom. The maximum absolute atomic E-state index is 12.9. The van der Waals surface area contributed by atoms with Crippen molar-refractivity contribution in [2.75, 3.05) is 12.4 Å². The van der Waals surface area contributed by atoms with Gasteiger partial charge in [-0.05, 0) is 49.5 Å². The van der Waals surface area contributed by atoms with E-state index in [1.165, 1.54) is 0 Å². The van der Waals surface area contributed by atoms with Crippen molar-refractivity contribution >= 4 is 18.1 Å². The van der Waals surface area contributed by atoms with E-state index in [-0.39, 0.29) is 11.8 Å². The third kappa shape index (κ3) is 4.16. The van der Waals surface area contributed by atoms with Gasteiger partial charge in [0.25, 0.3) is 0 Å². The van der Waals surface area contributed by atoms with Crippen LogP contribution in [0.15, 0.2) is 30.6 Å². The van der Waals surface area contributed by atoms with Gasteiger partial charge in [-0.15, -0.1) is 0 Å². The molecule has 0 spiro atoms. The molecule has 2 amide bonds. The lowest BCUT2D eigenvalue weighted by Gasteiger charge is -2.25. The number of nitrogens with one attached hydrogen (secondary N) is 2. The Kier molecular flexibility index (Phi) is 5.27. The van der Waals surface area contributed by atoms with Crippen molar-refractivity contribution in [1.29, 1.82) is 0 Å². The van der Waals surface area contributed by atoms with Gasteiger partial charge in [-0.1, -0.05) is 6.07 Å². The molecule has 1 unspecified atom stereocenters. The van der Waals surface area contributed by atoms with Crippen LogP contribution in [-0.4, -0.2) is 40.2 Å². The first kappa shape index (κ1) is 18.5. The molecule has 2 heterocycles. The Hall–Kier alpha value is -2.90. The molecule has 8 heteroatoms. The van der Waals surface area contributed by atoms with Gasteiger partial charge in [0.05, 0.1) is 13.7 Å². The molecule has 2 aromatic heterocycles. The molecule has 2 aliphatic rings. The monoisotopic (exact) mass is 383 g/mol.